The van der Waals surface area contributed by atoms with Crippen LogP contribution in [0.3, 0.4) is 0 Å². The summed E-state index contributed by atoms with van der Waals surface area (Å²) >= 11 is 0. The number of ether oxygens (including phenoxy) is 1. The summed E-state index contributed by atoms with van der Waals surface area (Å²) in [5, 5.41) is 0. The number of halogens is 3. The first kappa shape index (κ1) is 14.4. The highest BCUT2D eigenvalue weighted by Gasteiger charge is 2.60. The molecule has 1 aromatic rings. The van der Waals surface area contributed by atoms with Gasteiger partial charge in [0.05, 0.1) is 5.92 Å². The average molecular weight is 296 g/mol. The Morgan fingerprint density at radius 3 is 2.48 bits per heavy atom. The molecule has 1 saturated carbocycles. The van der Waals surface area contributed by atoms with Crippen LogP contribution in [-0.4, -0.2) is 18.2 Å². The first-order chi connectivity index (χ1) is 9.97. The van der Waals surface area contributed by atoms with Crippen LogP contribution in [0.15, 0.2) is 30.3 Å². The van der Waals surface area contributed by atoms with Crippen LogP contribution in [0.5, 0.6) is 0 Å². The van der Waals surface area contributed by atoms with E-state index in [2.05, 4.69) is 4.74 Å². The summed E-state index contributed by atoms with van der Waals surface area (Å²) in [6, 6.07) is 9.31. The second kappa shape index (κ2) is 5.35. The average Bonchev–Trinajstić information content (AvgIpc) is 3.00. The van der Waals surface area contributed by atoms with Gasteiger partial charge in [0.1, 0.15) is 0 Å². The lowest BCUT2D eigenvalue weighted by atomic mass is 9.84. The van der Waals surface area contributed by atoms with Gasteiger partial charge in [0.25, 0.3) is 0 Å². The number of hydrogen-bond acceptors (Lipinski definition) is 2. The fraction of sp³-hybridized carbons (Fsp3) is 0.438. The molecular formula is C16H15F3O2. The van der Waals surface area contributed by atoms with E-state index in [0.29, 0.717) is 12.8 Å². The van der Waals surface area contributed by atoms with E-state index in [1.807, 2.05) is 36.8 Å². The molecule has 1 aliphatic heterocycles. The molecule has 1 aliphatic carbocycles. The lowest BCUT2D eigenvalue weighted by Gasteiger charge is -2.25. The van der Waals surface area contributed by atoms with Crippen LogP contribution in [0.2, 0.25) is 0 Å². The second-order valence-corrected chi connectivity index (χ2v) is 5.58. The number of carbonyl (C=O) groups is 1. The molecular weight excluding hydrogens is 281 g/mol. The van der Waals surface area contributed by atoms with E-state index in [0.717, 1.165) is 5.56 Å². The normalized spacial score (nSPS) is 32.0. The fourth-order valence-electron chi connectivity index (χ4n) is 3.18. The molecule has 2 aliphatic rings. The molecule has 21 heavy (non-hydrogen) atoms. The topological polar surface area (TPSA) is 29.6 Å². The molecule has 4 atom stereocenters. The first-order valence-corrected chi connectivity index (χ1v) is 6.95. The summed E-state index contributed by atoms with van der Waals surface area (Å²) in [5.74, 6) is -3.36. The molecule has 1 heterocycles. The minimum absolute atomic E-state index is 0.349. The van der Waals surface area contributed by atoms with Crippen LogP contribution in [0.1, 0.15) is 18.4 Å². The van der Waals surface area contributed by atoms with Gasteiger partial charge in [-0.15, -0.1) is 0 Å². The maximum atomic E-state index is 13.3. The van der Waals surface area contributed by atoms with E-state index in [1.165, 1.54) is 0 Å². The highest BCUT2D eigenvalue weighted by Crippen LogP contribution is 2.52. The lowest BCUT2D eigenvalue weighted by Crippen LogP contribution is -2.34. The van der Waals surface area contributed by atoms with Crippen molar-refractivity contribution in [3.8, 4) is 0 Å². The van der Waals surface area contributed by atoms with Crippen molar-refractivity contribution in [2.24, 2.45) is 17.8 Å². The Morgan fingerprint density at radius 2 is 1.90 bits per heavy atom. The highest BCUT2D eigenvalue weighted by atomic mass is 19.4. The molecule has 1 aromatic carbocycles. The van der Waals surface area contributed by atoms with Gasteiger partial charge >= 0.3 is 12.1 Å². The van der Waals surface area contributed by atoms with Crippen molar-refractivity contribution >= 4 is 5.97 Å². The largest absolute Gasteiger partial charge is 0.447 e. The molecule has 0 amide bonds. The fourth-order valence-corrected chi connectivity index (χ4v) is 3.18. The van der Waals surface area contributed by atoms with Crippen molar-refractivity contribution < 1.29 is 22.7 Å². The zero-order chi connectivity index (χ0) is 15.0. The molecule has 1 saturated heterocycles. The number of hydrogen-bond donors (Lipinski definition) is 0. The van der Waals surface area contributed by atoms with Gasteiger partial charge in [-0.2, -0.15) is 13.2 Å². The van der Waals surface area contributed by atoms with Crippen molar-refractivity contribution in [3.63, 3.8) is 0 Å². The summed E-state index contributed by atoms with van der Waals surface area (Å²) in [7, 11) is 0. The third-order valence-corrected chi connectivity index (χ3v) is 4.24. The Balaban J connectivity index is 1.68. The molecule has 4 unspecified atom stereocenters. The first-order valence-electron chi connectivity index (χ1n) is 6.95. The lowest BCUT2D eigenvalue weighted by molar-refractivity contribution is -0.194. The van der Waals surface area contributed by atoms with Crippen LogP contribution >= 0.6 is 0 Å². The van der Waals surface area contributed by atoms with Crippen LogP contribution < -0.4 is 0 Å². The van der Waals surface area contributed by atoms with E-state index in [1.54, 1.807) is 6.42 Å². The minimum atomic E-state index is -4.31. The van der Waals surface area contributed by atoms with E-state index >= 15 is 0 Å². The van der Waals surface area contributed by atoms with Gasteiger partial charge in [0.2, 0.25) is 6.10 Å². The third kappa shape index (κ3) is 3.06. The summed E-state index contributed by atoms with van der Waals surface area (Å²) in [4.78, 5) is 11.0. The summed E-state index contributed by atoms with van der Waals surface area (Å²) in [5.41, 5.74) is 0.917. The van der Waals surface area contributed by atoms with Gasteiger partial charge in [-0.25, -0.2) is 4.79 Å². The predicted molar refractivity (Wildman–Crippen MR) is 69.8 cm³/mol. The van der Waals surface area contributed by atoms with Gasteiger partial charge in [0.15, 0.2) is 0 Å². The molecule has 3 rings (SSSR count). The summed E-state index contributed by atoms with van der Waals surface area (Å²) in [6.45, 7) is 0. The maximum Gasteiger partial charge on any atom is 0.392 e. The predicted octanol–water partition coefficient (Wildman–Crippen LogP) is 3.57. The Labute approximate surface area is 121 Å². The Kier molecular flexibility index (Phi) is 3.68. The van der Waals surface area contributed by atoms with Gasteiger partial charge in [-0.1, -0.05) is 30.3 Å². The van der Waals surface area contributed by atoms with Gasteiger partial charge in [-0.05, 0) is 37.2 Å². The van der Waals surface area contributed by atoms with E-state index < -0.39 is 36.0 Å². The SMILES string of the molecule is O=C1OC1C1[CH]CC(C[CH]c2ccccc2)C1C(F)(F)F. The van der Waals surface area contributed by atoms with E-state index in [-0.39, 0.29) is 0 Å². The number of epoxide rings is 1. The number of alkyl halides is 3. The number of rotatable bonds is 4. The van der Waals surface area contributed by atoms with Crippen molar-refractivity contribution in [1.29, 1.82) is 0 Å². The number of carbonyl (C=O) groups excluding carboxylic acids is 1. The quantitative estimate of drug-likeness (QED) is 0.795. The van der Waals surface area contributed by atoms with Crippen LogP contribution in [-0.2, 0) is 9.53 Å². The molecule has 0 bridgehead atoms. The van der Waals surface area contributed by atoms with Crippen LogP contribution in [0.25, 0.3) is 0 Å². The number of cyclic esters (lactones) is 1. The molecule has 0 N–H and O–H groups in total. The smallest absolute Gasteiger partial charge is 0.392 e. The van der Waals surface area contributed by atoms with Gasteiger partial charge in [0, 0.05) is 5.92 Å². The Bertz CT molecular complexity index is 512. The third-order valence-electron chi connectivity index (χ3n) is 4.24. The molecule has 112 valence electrons. The van der Waals surface area contributed by atoms with Crippen molar-refractivity contribution in [1.82, 2.24) is 0 Å². The van der Waals surface area contributed by atoms with Crippen LogP contribution in [0, 0.1) is 30.6 Å². The van der Waals surface area contributed by atoms with Crippen molar-refractivity contribution in [2.75, 3.05) is 0 Å². The molecule has 5 heteroatoms. The summed E-state index contributed by atoms with van der Waals surface area (Å²) < 4.78 is 44.6. The zero-order valence-corrected chi connectivity index (χ0v) is 11.2. The Hall–Kier alpha value is -1.52. The zero-order valence-electron chi connectivity index (χ0n) is 11.2. The second-order valence-electron chi connectivity index (χ2n) is 5.58. The van der Waals surface area contributed by atoms with Gasteiger partial charge in [-0.3, -0.25) is 0 Å². The summed E-state index contributed by atoms with van der Waals surface area (Å²) in [6.07, 6.45) is -1.03. The van der Waals surface area contributed by atoms with Gasteiger partial charge < -0.3 is 4.74 Å². The molecule has 2 nitrogen and oxygen atoms in total. The molecule has 2 radical (unpaired) electrons. The van der Waals surface area contributed by atoms with Crippen LogP contribution in [0.4, 0.5) is 13.2 Å². The monoisotopic (exact) mass is 296 g/mol. The molecule has 0 aromatic heterocycles. The number of benzene rings is 1. The van der Waals surface area contributed by atoms with E-state index in [9.17, 15) is 18.0 Å². The van der Waals surface area contributed by atoms with Crippen molar-refractivity contribution in [3.05, 3.63) is 48.7 Å². The van der Waals surface area contributed by atoms with Crippen molar-refractivity contribution in [2.45, 2.75) is 25.1 Å². The van der Waals surface area contributed by atoms with E-state index in [4.69, 9.17) is 0 Å². The molecule has 0 spiro atoms. The highest BCUT2D eigenvalue weighted by molar-refractivity contribution is 5.88. The molecule has 2 fully saturated rings. The Morgan fingerprint density at radius 1 is 1.24 bits per heavy atom. The maximum absolute atomic E-state index is 13.3. The minimum Gasteiger partial charge on any atom is -0.447 e. The standard InChI is InChI=1S/C16H15F3O2/c17-16(18,19)13-11(7-6-10-4-2-1-3-5-10)8-9-12(13)14-15(20)21-14/h1-6,9,11-14H,7-8H2.